The average molecular weight is 263 g/mol. The van der Waals surface area contributed by atoms with Gasteiger partial charge in [-0.2, -0.15) is 0 Å². The van der Waals surface area contributed by atoms with Crippen molar-refractivity contribution in [1.29, 1.82) is 0 Å². The van der Waals surface area contributed by atoms with E-state index in [9.17, 15) is 5.11 Å². The van der Waals surface area contributed by atoms with Gasteiger partial charge in [0.25, 0.3) is 0 Å². The highest BCUT2D eigenvalue weighted by Crippen LogP contribution is 2.36. The van der Waals surface area contributed by atoms with Crippen molar-refractivity contribution in [2.75, 3.05) is 19.7 Å². The van der Waals surface area contributed by atoms with Crippen LogP contribution >= 0.6 is 0 Å². The van der Waals surface area contributed by atoms with E-state index < -0.39 is 6.10 Å². The molecular formula is C16H25NO2. The van der Waals surface area contributed by atoms with Crippen LogP contribution in [0.1, 0.15) is 24.5 Å². The molecule has 0 bridgehead atoms. The molecule has 3 heteroatoms. The highest BCUT2D eigenvalue weighted by atomic mass is 16.5. The summed E-state index contributed by atoms with van der Waals surface area (Å²) < 4.78 is 5.63. The van der Waals surface area contributed by atoms with Gasteiger partial charge >= 0.3 is 0 Å². The molecule has 1 aliphatic carbocycles. The van der Waals surface area contributed by atoms with Crippen LogP contribution in [-0.2, 0) is 0 Å². The van der Waals surface area contributed by atoms with Crippen molar-refractivity contribution in [3.8, 4) is 5.75 Å². The normalized spacial score (nSPS) is 23.2. The van der Waals surface area contributed by atoms with Crippen LogP contribution in [-0.4, -0.2) is 30.9 Å². The van der Waals surface area contributed by atoms with Gasteiger partial charge in [-0.25, -0.2) is 0 Å². The lowest BCUT2D eigenvalue weighted by Gasteiger charge is -2.14. The van der Waals surface area contributed by atoms with Gasteiger partial charge in [-0.15, -0.1) is 0 Å². The first-order chi connectivity index (χ1) is 9.04. The summed E-state index contributed by atoms with van der Waals surface area (Å²) in [5.41, 5.74) is 2.37. The summed E-state index contributed by atoms with van der Waals surface area (Å²) in [6.45, 7) is 8.33. The van der Waals surface area contributed by atoms with Crippen LogP contribution in [0.5, 0.6) is 5.75 Å². The van der Waals surface area contributed by atoms with Crippen LogP contribution in [0.25, 0.3) is 0 Å². The van der Waals surface area contributed by atoms with Crippen molar-refractivity contribution in [3.05, 3.63) is 29.3 Å². The molecular weight excluding hydrogens is 238 g/mol. The smallest absolute Gasteiger partial charge is 0.119 e. The second-order valence-electron chi connectivity index (χ2n) is 5.92. The van der Waals surface area contributed by atoms with Gasteiger partial charge in [0.1, 0.15) is 18.5 Å². The summed E-state index contributed by atoms with van der Waals surface area (Å²) in [4.78, 5) is 0. The maximum absolute atomic E-state index is 9.86. The molecule has 3 atom stereocenters. The molecule has 0 amide bonds. The Bertz CT molecular complexity index is 399. The quantitative estimate of drug-likeness (QED) is 0.793. The lowest BCUT2D eigenvalue weighted by atomic mass is 10.1. The Kier molecular flexibility index (Phi) is 4.83. The van der Waals surface area contributed by atoms with E-state index in [2.05, 4.69) is 32.2 Å². The summed E-state index contributed by atoms with van der Waals surface area (Å²) >= 11 is 0. The fraction of sp³-hybridized carbons (Fsp3) is 0.625. The Morgan fingerprint density at radius 2 is 1.95 bits per heavy atom. The molecule has 19 heavy (non-hydrogen) atoms. The SMILES string of the molecule is Cc1cc(C)cc(OCC(O)CNCC2CC2C)c1. The maximum atomic E-state index is 9.86. The number of ether oxygens (including phenoxy) is 1. The van der Waals surface area contributed by atoms with E-state index in [4.69, 9.17) is 4.74 Å². The third-order valence-electron chi connectivity index (χ3n) is 3.70. The molecule has 2 rings (SSSR count). The third-order valence-corrected chi connectivity index (χ3v) is 3.70. The van der Waals surface area contributed by atoms with Crippen molar-refractivity contribution in [1.82, 2.24) is 5.32 Å². The van der Waals surface area contributed by atoms with E-state index in [0.29, 0.717) is 13.2 Å². The minimum Gasteiger partial charge on any atom is -0.491 e. The predicted molar refractivity (Wildman–Crippen MR) is 77.6 cm³/mol. The van der Waals surface area contributed by atoms with Crippen LogP contribution < -0.4 is 10.1 Å². The molecule has 3 nitrogen and oxygen atoms in total. The van der Waals surface area contributed by atoms with Crippen molar-refractivity contribution in [3.63, 3.8) is 0 Å². The fourth-order valence-corrected chi connectivity index (χ4v) is 2.39. The molecule has 0 radical (unpaired) electrons. The van der Waals surface area contributed by atoms with Crippen molar-refractivity contribution >= 4 is 0 Å². The molecule has 3 unspecified atom stereocenters. The first kappa shape index (κ1) is 14.4. The van der Waals surface area contributed by atoms with E-state index in [-0.39, 0.29) is 0 Å². The molecule has 1 aliphatic rings. The first-order valence-corrected chi connectivity index (χ1v) is 7.14. The number of hydrogen-bond acceptors (Lipinski definition) is 3. The fourth-order valence-electron chi connectivity index (χ4n) is 2.39. The van der Waals surface area contributed by atoms with Gasteiger partial charge in [0.05, 0.1) is 0 Å². The molecule has 1 fully saturated rings. The zero-order valence-corrected chi connectivity index (χ0v) is 12.1. The maximum Gasteiger partial charge on any atom is 0.119 e. The minimum atomic E-state index is -0.449. The van der Waals surface area contributed by atoms with Gasteiger partial charge in [0.15, 0.2) is 0 Å². The Balaban J connectivity index is 1.66. The van der Waals surface area contributed by atoms with E-state index in [1.165, 1.54) is 17.5 Å². The number of aliphatic hydroxyl groups is 1. The third kappa shape index (κ3) is 4.84. The zero-order valence-electron chi connectivity index (χ0n) is 12.1. The lowest BCUT2D eigenvalue weighted by Crippen LogP contribution is -2.32. The first-order valence-electron chi connectivity index (χ1n) is 7.14. The van der Waals surface area contributed by atoms with Gasteiger partial charge in [0.2, 0.25) is 0 Å². The summed E-state index contributed by atoms with van der Waals surface area (Å²) in [6, 6.07) is 6.11. The van der Waals surface area contributed by atoms with Crippen LogP contribution in [0.3, 0.4) is 0 Å². The van der Waals surface area contributed by atoms with Crippen LogP contribution in [0, 0.1) is 25.7 Å². The van der Waals surface area contributed by atoms with Gasteiger partial charge < -0.3 is 15.2 Å². The number of nitrogens with one attached hydrogen (secondary N) is 1. The summed E-state index contributed by atoms with van der Waals surface area (Å²) in [6.07, 6.45) is 0.872. The second-order valence-corrected chi connectivity index (χ2v) is 5.92. The zero-order chi connectivity index (χ0) is 13.8. The molecule has 0 aromatic heterocycles. The van der Waals surface area contributed by atoms with Gasteiger partial charge in [0, 0.05) is 6.54 Å². The van der Waals surface area contributed by atoms with Gasteiger partial charge in [-0.1, -0.05) is 13.0 Å². The number of aryl methyl sites for hydroxylation is 2. The Morgan fingerprint density at radius 3 is 2.53 bits per heavy atom. The molecule has 2 N–H and O–H groups in total. The van der Waals surface area contributed by atoms with E-state index >= 15 is 0 Å². The van der Waals surface area contributed by atoms with Crippen molar-refractivity contribution < 1.29 is 9.84 Å². The topological polar surface area (TPSA) is 41.5 Å². The van der Waals surface area contributed by atoms with Gasteiger partial charge in [-0.3, -0.25) is 0 Å². The summed E-state index contributed by atoms with van der Waals surface area (Å²) in [5, 5.41) is 13.2. The highest BCUT2D eigenvalue weighted by Gasteiger charge is 2.31. The Morgan fingerprint density at radius 1 is 1.32 bits per heavy atom. The number of benzene rings is 1. The Labute approximate surface area is 116 Å². The molecule has 106 valence electrons. The molecule has 1 aromatic carbocycles. The largest absolute Gasteiger partial charge is 0.491 e. The Hall–Kier alpha value is -1.06. The molecule has 0 spiro atoms. The molecule has 1 aromatic rings. The van der Waals surface area contributed by atoms with Crippen molar-refractivity contribution in [2.24, 2.45) is 11.8 Å². The van der Waals surface area contributed by atoms with Crippen LogP contribution in [0.4, 0.5) is 0 Å². The van der Waals surface area contributed by atoms with Crippen molar-refractivity contribution in [2.45, 2.75) is 33.3 Å². The van der Waals surface area contributed by atoms with Gasteiger partial charge in [-0.05, 0) is 61.9 Å². The second kappa shape index (κ2) is 6.40. The van der Waals surface area contributed by atoms with E-state index in [0.717, 1.165) is 24.1 Å². The summed E-state index contributed by atoms with van der Waals surface area (Å²) in [7, 11) is 0. The number of hydrogen-bond donors (Lipinski definition) is 2. The van der Waals surface area contributed by atoms with Crippen LogP contribution in [0.2, 0.25) is 0 Å². The molecule has 0 heterocycles. The van der Waals surface area contributed by atoms with Crippen LogP contribution in [0.15, 0.2) is 18.2 Å². The van der Waals surface area contributed by atoms with E-state index in [1.807, 2.05) is 12.1 Å². The number of rotatable bonds is 7. The molecule has 1 saturated carbocycles. The average Bonchev–Trinajstić information content (AvgIpc) is 3.01. The number of aliphatic hydroxyl groups excluding tert-OH is 1. The lowest BCUT2D eigenvalue weighted by molar-refractivity contribution is 0.106. The predicted octanol–water partition coefficient (Wildman–Crippen LogP) is 2.29. The monoisotopic (exact) mass is 263 g/mol. The molecule has 0 saturated heterocycles. The van der Waals surface area contributed by atoms with E-state index in [1.54, 1.807) is 0 Å². The highest BCUT2D eigenvalue weighted by molar-refractivity contribution is 5.32. The standard InChI is InChI=1S/C16H25NO2/c1-11-4-12(2)6-16(5-11)19-10-15(18)9-17-8-14-7-13(14)3/h4-6,13-15,17-18H,7-10H2,1-3H3. The summed E-state index contributed by atoms with van der Waals surface area (Å²) in [5.74, 6) is 2.51. The minimum absolute atomic E-state index is 0.343. The molecule has 0 aliphatic heterocycles.